The maximum absolute atomic E-state index is 12.1. The van der Waals surface area contributed by atoms with Crippen LogP contribution in [0, 0.1) is 0 Å². The van der Waals surface area contributed by atoms with Gasteiger partial charge in [0.1, 0.15) is 6.61 Å². The summed E-state index contributed by atoms with van der Waals surface area (Å²) < 4.78 is 5.36. The molecule has 1 amide bonds. The van der Waals surface area contributed by atoms with Crippen LogP contribution in [0.25, 0.3) is 0 Å². The first-order chi connectivity index (χ1) is 8.54. The Morgan fingerprint density at radius 2 is 2.17 bits per heavy atom. The fourth-order valence-corrected chi connectivity index (χ4v) is 1.63. The number of carbonyl (C=O) groups excluding carboxylic acids is 1. The molecule has 1 rings (SSSR count). The molecular formula is C14H22N2O2. The second kappa shape index (κ2) is 7.01. The molecule has 0 aliphatic rings. The molecule has 4 heteroatoms. The standard InChI is InChI=1S/C14H22N2O2/c1-4-8-16(14(17)10-18-11(2)3)13-7-5-6-12(15)9-13/h5-7,9,11H,4,8,10,15H2,1-3H3. The molecule has 0 aromatic heterocycles. The van der Waals surface area contributed by atoms with E-state index in [1.165, 1.54) is 0 Å². The SMILES string of the molecule is CCCN(C(=O)COC(C)C)c1cccc(N)c1. The summed E-state index contributed by atoms with van der Waals surface area (Å²) in [6, 6.07) is 7.36. The number of amides is 1. The number of hydrogen-bond acceptors (Lipinski definition) is 3. The molecule has 18 heavy (non-hydrogen) atoms. The van der Waals surface area contributed by atoms with E-state index in [9.17, 15) is 4.79 Å². The molecule has 0 radical (unpaired) electrons. The van der Waals surface area contributed by atoms with Crippen molar-refractivity contribution in [3.05, 3.63) is 24.3 Å². The Bertz CT molecular complexity index is 391. The van der Waals surface area contributed by atoms with Crippen LogP contribution in [0.3, 0.4) is 0 Å². The van der Waals surface area contributed by atoms with Crippen molar-refractivity contribution >= 4 is 17.3 Å². The Hall–Kier alpha value is -1.55. The van der Waals surface area contributed by atoms with Crippen molar-refractivity contribution in [2.45, 2.75) is 33.3 Å². The number of ether oxygens (including phenoxy) is 1. The van der Waals surface area contributed by atoms with Gasteiger partial charge in [-0.15, -0.1) is 0 Å². The predicted molar refractivity (Wildman–Crippen MR) is 74.6 cm³/mol. The average Bonchev–Trinajstić information content (AvgIpc) is 2.33. The summed E-state index contributed by atoms with van der Waals surface area (Å²) in [5.74, 6) is -0.0313. The molecule has 4 nitrogen and oxygen atoms in total. The van der Waals surface area contributed by atoms with Gasteiger partial charge >= 0.3 is 0 Å². The van der Waals surface area contributed by atoms with E-state index in [4.69, 9.17) is 10.5 Å². The molecule has 0 spiro atoms. The van der Waals surface area contributed by atoms with Crippen LogP contribution >= 0.6 is 0 Å². The second-order valence-electron chi connectivity index (χ2n) is 4.50. The lowest BCUT2D eigenvalue weighted by atomic mass is 10.2. The molecule has 100 valence electrons. The van der Waals surface area contributed by atoms with Crippen LogP contribution in [0.4, 0.5) is 11.4 Å². The van der Waals surface area contributed by atoms with Gasteiger partial charge in [-0.05, 0) is 38.5 Å². The monoisotopic (exact) mass is 250 g/mol. The molecule has 0 saturated heterocycles. The molecule has 0 aliphatic heterocycles. The Balaban J connectivity index is 2.78. The van der Waals surface area contributed by atoms with E-state index in [0.717, 1.165) is 12.1 Å². The quantitative estimate of drug-likeness (QED) is 0.789. The summed E-state index contributed by atoms with van der Waals surface area (Å²) in [6.45, 7) is 6.64. The highest BCUT2D eigenvalue weighted by atomic mass is 16.5. The molecule has 0 heterocycles. The molecule has 0 bridgehead atoms. The van der Waals surface area contributed by atoms with Crippen molar-refractivity contribution in [1.82, 2.24) is 0 Å². The lowest BCUT2D eigenvalue weighted by Crippen LogP contribution is -2.35. The maximum atomic E-state index is 12.1. The minimum Gasteiger partial charge on any atom is -0.399 e. The number of carbonyl (C=O) groups is 1. The summed E-state index contributed by atoms with van der Waals surface area (Å²) in [5.41, 5.74) is 7.23. The molecule has 0 unspecified atom stereocenters. The van der Waals surface area contributed by atoms with Crippen molar-refractivity contribution in [2.24, 2.45) is 0 Å². The third-order valence-electron chi connectivity index (χ3n) is 2.47. The summed E-state index contributed by atoms with van der Waals surface area (Å²) >= 11 is 0. The number of hydrogen-bond donors (Lipinski definition) is 1. The van der Waals surface area contributed by atoms with Gasteiger partial charge < -0.3 is 15.4 Å². The first kappa shape index (κ1) is 14.5. The highest BCUT2D eigenvalue weighted by Crippen LogP contribution is 2.18. The van der Waals surface area contributed by atoms with Crippen LogP contribution in [0.1, 0.15) is 27.2 Å². The van der Waals surface area contributed by atoms with Gasteiger partial charge in [0.15, 0.2) is 0 Å². The van der Waals surface area contributed by atoms with Gasteiger partial charge in [0.25, 0.3) is 5.91 Å². The van der Waals surface area contributed by atoms with E-state index in [-0.39, 0.29) is 18.6 Å². The number of nitrogens with zero attached hydrogens (tertiary/aromatic N) is 1. The van der Waals surface area contributed by atoms with Gasteiger partial charge in [-0.1, -0.05) is 13.0 Å². The fourth-order valence-electron chi connectivity index (χ4n) is 1.63. The van der Waals surface area contributed by atoms with Gasteiger partial charge in [-0.2, -0.15) is 0 Å². The highest BCUT2D eigenvalue weighted by Gasteiger charge is 2.15. The van der Waals surface area contributed by atoms with E-state index in [2.05, 4.69) is 0 Å². The Kier molecular flexibility index (Phi) is 5.65. The zero-order valence-electron chi connectivity index (χ0n) is 11.3. The van der Waals surface area contributed by atoms with Gasteiger partial charge in [-0.3, -0.25) is 4.79 Å². The first-order valence-electron chi connectivity index (χ1n) is 6.32. The van der Waals surface area contributed by atoms with Crippen molar-refractivity contribution in [3.63, 3.8) is 0 Å². The van der Waals surface area contributed by atoms with E-state index < -0.39 is 0 Å². The molecule has 2 N–H and O–H groups in total. The predicted octanol–water partition coefficient (Wildman–Crippen LogP) is 2.44. The highest BCUT2D eigenvalue weighted by molar-refractivity contribution is 5.94. The first-order valence-corrected chi connectivity index (χ1v) is 6.32. The lowest BCUT2D eigenvalue weighted by Gasteiger charge is -2.23. The lowest BCUT2D eigenvalue weighted by molar-refractivity contribution is -0.124. The zero-order chi connectivity index (χ0) is 13.5. The number of benzene rings is 1. The summed E-state index contributed by atoms with van der Waals surface area (Å²) in [5, 5.41) is 0. The van der Waals surface area contributed by atoms with Crippen molar-refractivity contribution in [1.29, 1.82) is 0 Å². The minimum atomic E-state index is -0.0313. The maximum Gasteiger partial charge on any atom is 0.252 e. The largest absolute Gasteiger partial charge is 0.399 e. The Morgan fingerprint density at radius 3 is 2.72 bits per heavy atom. The number of rotatable bonds is 6. The zero-order valence-corrected chi connectivity index (χ0v) is 11.3. The molecule has 1 aromatic rings. The van der Waals surface area contributed by atoms with E-state index in [1.807, 2.05) is 45.0 Å². The normalized spacial score (nSPS) is 10.7. The van der Waals surface area contributed by atoms with Gasteiger partial charge in [0.05, 0.1) is 6.10 Å². The third-order valence-corrected chi connectivity index (χ3v) is 2.47. The van der Waals surface area contributed by atoms with Crippen LogP contribution in [-0.2, 0) is 9.53 Å². The smallest absolute Gasteiger partial charge is 0.252 e. The van der Waals surface area contributed by atoms with Gasteiger partial charge in [0.2, 0.25) is 0 Å². The fraction of sp³-hybridized carbons (Fsp3) is 0.500. The number of anilines is 2. The third kappa shape index (κ3) is 4.37. The topological polar surface area (TPSA) is 55.6 Å². The Labute approximate surface area is 109 Å². The number of nitrogens with two attached hydrogens (primary N) is 1. The average molecular weight is 250 g/mol. The second-order valence-corrected chi connectivity index (χ2v) is 4.50. The van der Waals surface area contributed by atoms with Crippen LogP contribution in [0.2, 0.25) is 0 Å². The van der Waals surface area contributed by atoms with Gasteiger partial charge in [0, 0.05) is 17.9 Å². The Morgan fingerprint density at radius 1 is 1.44 bits per heavy atom. The van der Waals surface area contributed by atoms with Crippen LogP contribution in [0.15, 0.2) is 24.3 Å². The van der Waals surface area contributed by atoms with Crippen LogP contribution in [0.5, 0.6) is 0 Å². The van der Waals surface area contributed by atoms with Crippen molar-refractivity contribution < 1.29 is 9.53 Å². The van der Waals surface area contributed by atoms with E-state index in [0.29, 0.717) is 12.2 Å². The number of nitrogen functional groups attached to an aromatic ring is 1. The molecule has 1 aromatic carbocycles. The summed E-state index contributed by atoms with van der Waals surface area (Å²) in [7, 11) is 0. The molecule has 0 aliphatic carbocycles. The van der Waals surface area contributed by atoms with Gasteiger partial charge in [-0.25, -0.2) is 0 Å². The molecular weight excluding hydrogens is 228 g/mol. The summed E-state index contributed by atoms with van der Waals surface area (Å²) in [6.07, 6.45) is 0.945. The van der Waals surface area contributed by atoms with Crippen molar-refractivity contribution in [2.75, 3.05) is 23.8 Å². The van der Waals surface area contributed by atoms with Crippen molar-refractivity contribution in [3.8, 4) is 0 Å². The van der Waals surface area contributed by atoms with E-state index >= 15 is 0 Å². The summed E-state index contributed by atoms with van der Waals surface area (Å²) in [4.78, 5) is 13.8. The van der Waals surface area contributed by atoms with E-state index in [1.54, 1.807) is 4.90 Å². The minimum absolute atomic E-state index is 0.0313. The van der Waals surface area contributed by atoms with Crippen LogP contribution in [-0.4, -0.2) is 25.2 Å². The van der Waals surface area contributed by atoms with Crippen LogP contribution < -0.4 is 10.6 Å². The molecule has 0 saturated carbocycles. The molecule has 0 fully saturated rings. The molecule has 0 atom stereocenters.